The van der Waals surface area contributed by atoms with Crippen molar-refractivity contribution in [2.24, 2.45) is 5.41 Å². The molecule has 0 aliphatic heterocycles. The Labute approximate surface area is 119 Å². The van der Waals surface area contributed by atoms with E-state index < -0.39 is 5.97 Å². The number of hydrogen-bond acceptors (Lipinski definition) is 3. The minimum Gasteiger partial charge on any atom is -0.478 e. The van der Waals surface area contributed by atoms with Crippen LogP contribution in [0.3, 0.4) is 0 Å². The Balaban J connectivity index is 2.66. The highest BCUT2D eigenvalue weighted by Crippen LogP contribution is 2.26. The number of hydrogen-bond donors (Lipinski definition) is 1. The second kappa shape index (κ2) is 6.35. The van der Waals surface area contributed by atoms with Gasteiger partial charge in [0.05, 0.1) is 0 Å². The molecule has 0 aliphatic rings. The summed E-state index contributed by atoms with van der Waals surface area (Å²) in [4.78, 5) is 15.0. The van der Waals surface area contributed by atoms with E-state index in [1.54, 1.807) is 17.4 Å². The summed E-state index contributed by atoms with van der Waals surface area (Å²) in [5.41, 5.74) is 0.248. The van der Waals surface area contributed by atoms with E-state index in [4.69, 9.17) is 5.11 Å². The molecule has 1 atom stereocenters. The maximum Gasteiger partial charge on any atom is 0.328 e. The molecule has 0 amide bonds. The van der Waals surface area contributed by atoms with Crippen LogP contribution in [0.15, 0.2) is 18.2 Å². The first-order valence-electron chi connectivity index (χ1n) is 6.40. The van der Waals surface area contributed by atoms with Gasteiger partial charge in [0.1, 0.15) is 0 Å². The second-order valence-corrected chi connectivity index (χ2v) is 7.13. The molecule has 19 heavy (non-hydrogen) atoms. The smallest absolute Gasteiger partial charge is 0.328 e. The van der Waals surface area contributed by atoms with Gasteiger partial charge in [0.25, 0.3) is 0 Å². The average molecular weight is 281 g/mol. The Morgan fingerprint density at radius 3 is 2.63 bits per heavy atom. The van der Waals surface area contributed by atoms with E-state index in [0.717, 1.165) is 11.4 Å². The fourth-order valence-electron chi connectivity index (χ4n) is 1.77. The third-order valence-electron chi connectivity index (χ3n) is 3.39. The van der Waals surface area contributed by atoms with Crippen LogP contribution in [0.1, 0.15) is 37.4 Å². The van der Waals surface area contributed by atoms with E-state index in [-0.39, 0.29) is 5.41 Å². The summed E-state index contributed by atoms with van der Waals surface area (Å²) >= 11 is 1.64. The van der Waals surface area contributed by atoms with Crippen LogP contribution in [-0.4, -0.2) is 29.1 Å². The van der Waals surface area contributed by atoms with Gasteiger partial charge < -0.3 is 5.11 Å². The molecule has 1 heterocycles. The zero-order valence-electron chi connectivity index (χ0n) is 12.3. The van der Waals surface area contributed by atoms with Gasteiger partial charge in [-0.05, 0) is 37.6 Å². The molecule has 1 N–H and O–H groups in total. The highest BCUT2D eigenvalue weighted by molar-refractivity contribution is 7.12. The predicted octanol–water partition coefficient (Wildman–Crippen LogP) is 3.71. The Hall–Kier alpha value is -1.13. The van der Waals surface area contributed by atoms with Crippen molar-refractivity contribution in [3.63, 3.8) is 0 Å². The van der Waals surface area contributed by atoms with Crippen LogP contribution in [0.4, 0.5) is 0 Å². The maximum atomic E-state index is 10.5. The molecule has 0 bridgehead atoms. The van der Waals surface area contributed by atoms with Gasteiger partial charge in [-0.25, -0.2) is 4.79 Å². The van der Waals surface area contributed by atoms with Crippen molar-refractivity contribution in [3.05, 3.63) is 28.0 Å². The van der Waals surface area contributed by atoms with Crippen molar-refractivity contribution >= 4 is 23.4 Å². The molecule has 0 fully saturated rings. The lowest BCUT2D eigenvalue weighted by Crippen LogP contribution is -2.38. The molecular formula is C15H23NO2S. The number of thiophene rings is 1. The molecule has 0 saturated carbocycles. The number of nitrogens with zero attached hydrogens (tertiary/aromatic N) is 1. The zero-order chi connectivity index (χ0) is 14.6. The van der Waals surface area contributed by atoms with Gasteiger partial charge in [-0.2, -0.15) is 0 Å². The van der Waals surface area contributed by atoms with Gasteiger partial charge in [-0.1, -0.05) is 20.8 Å². The fourth-order valence-corrected chi connectivity index (χ4v) is 2.75. The Kier molecular flexibility index (Phi) is 5.32. The molecule has 0 spiro atoms. The monoisotopic (exact) mass is 281 g/mol. The topological polar surface area (TPSA) is 40.5 Å². The highest BCUT2D eigenvalue weighted by atomic mass is 32.1. The number of carboxylic acids is 1. The molecule has 0 aromatic carbocycles. The lowest BCUT2D eigenvalue weighted by molar-refractivity contribution is -0.131. The number of carbonyl (C=O) groups is 1. The van der Waals surface area contributed by atoms with Crippen LogP contribution in [0.5, 0.6) is 0 Å². The summed E-state index contributed by atoms with van der Waals surface area (Å²) in [6, 6.07) is 4.51. The standard InChI is InChI=1S/C15H23NO2S/c1-11(15(2,3)4)16(5)10-13-7-6-12(19-13)8-9-14(17)18/h6-9,11H,10H2,1-5H3,(H,17,18). The Morgan fingerprint density at radius 2 is 2.11 bits per heavy atom. The second-order valence-electron chi connectivity index (χ2n) is 5.93. The summed E-state index contributed by atoms with van der Waals surface area (Å²) in [5, 5.41) is 8.60. The average Bonchev–Trinajstić information content (AvgIpc) is 2.71. The first kappa shape index (κ1) is 15.9. The van der Waals surface area contributed by atoms with Crippen molar-refractivity contribution in [1.82, 2.24) is 4.90 Å². The van der Waals surface area contributed by atoms with E-state index in [0.29, 0.717) is 6.04 Å². The largest absolute Gasteiger partial charge is 0.478 e. The van der Waals surface area contributed by atoms with Gasteiger partial charge in [-0.15, -0.1) is 11.3 Å². The third kappa shape index (κ3) is 5.17. The van der Waals surface area contributed by atoms with Crippen molar-refractivity contribution in [2.45, 2.75) is 40.3 Å². The summed E-state index contributed by atoms with van der Waals surface area (Å²) in [6.07, 6.45) is 2.82. The van der Waals surface area contributed by atoms with Gasteiger partial charge in [-0.3, -0.25) is 4.90 Å². The molecule has 106 valence electrons. The molecule has 0 saturated heterocycles. The molecule has 0 radical (unpaired) electrons. The number of aliphatic carboxylic acids is 1. The normalized spacial score (nSPS) is 14.2. The van der Waals surface area contributed by atoms with Crippen LogP contribution >= 0.6 is 11.3 Å². The van der Waals surface area contributed by atoms with E-state index in [1.165, 1.54) is 11.0 Å². The third-order valence-corrected chi connectivity index (χ3v) is 4.43. The van der Waals surface area contributed by atoms with Crippen molar-refractivity contribution < 1.29 is 9.90 Å². The van der Waals surface area contributed by atoms with Crippen LogP contribution in [0.2, 0.25) is 0 Å². The van der Waals surface area contributed by atoms with E-state index >= 15 is 0 Å². The molecular weight excluding hydrogens is 258 g/mol. The first-order chi connectivity index (χ1) is 8.70. The van der Waals surface area contributed by atoms with Crippen molar-refractivity contribution in [1.29, 1.82) is 0 Å². The van der Waals surface area contributed by atoms with Crippen LogP contribution in [-0.2, 0) is 11.3 Å². The number of rotatable bonds is 5. The van der Waals surface area contributed by atoms with E-state index in [1.807, 2.05) is 6.07 Å². The van der Waals surface area contributed by atoms with Gasteiger partial charge in [0, 0.05) is 28.4 Å². The van der Waals surface area contributed by atoms with Gasteiger partial charge >= 0.3 is 5.97 Å². The molecule has 0 aliphatic carbocycles. The molecule has 4 heteroatoms. The summed E-state index contributed by atoms with van der Waals surface area (Å²) < 4.78 is 0. The SMILES string of the molecule is CC(N(C)Cc1ccc(C=CC(=O)O)s1)C(C)(C)C. The van der Waals surface area contributed by atoms with E-state index in [2.05, 4.69) is 45.7 Å². The van der Waals surface area contributed by atoms with Crippen LogP contribution in [0.25, 0.3) is 6.08 Å². The van der Waals surface area contributed by atoms with Crippen LogP contribution in [0, 0.1) is 5.41 Å². The highest BCUT2D eigenvalue weighted by Gasteiger charge is 2.23. The first-order valence-corrected chi connectivity index (χ1v) is 7.22. The fraction of sp³-hybridized carbons (Fsp3) is 0.533. The molecule has 1 aromatic heterocycles. The predicted molar refractivity (Wildman–Crippen MR) is 81.4 cm³/mol. The lowest BCUT2D eigenvalue weighted by atomic mass is 9.87. The van der Waals surface area contributed by atoms with Crippen molar-refractivity contribution in [2.75, 3.05) is 7.05 Å². The minimum atomic E-state index is -0.909. The maximum absolute atomic E-state index is 10.5. The lowest BCUT2D eigenvalue weighted by Gasteiger charge is -2.35. The molecule has 1 rings (SSSR count). The number of carboxylic acid groups (broad SMARTS) is 1. The van der Waals surface area contributed by atoms with Crippen molar-refractivity contribution in [3.8, 4) is 0 Å². The van der Waals surface area contributed by atoms with Gasteiger partial charge in [0.15, 0.2) is 0 Å². The van der Waals surface area contributed by atoms with E-state index in [9.17, 15) is 4.79 Å². The Morgan fingerprint density at radius 1 is 1.47 bits per heavy atom. The summed E-state index contributed by atoms with van der Waals surface area (Å²) in [5.74, 6) is -0.909. The zero-order valence-corrected chi connectivity index (χ0v) is 13.1. The Bertz CT molecular complexity index is 457. The minimum absolute atomic E-state index is 0.248. The summed E-state index contributed by atoms with van der Waals surface area (Å²) in [7, 11) is 2.13. The van der Waals surface area contributed by atoms with Crippen LogP contribution < -0.4 is 0 Å². The molecule has 1 unspecified atom stereocenters. The quantitative estimate of drug-likeness (QED) is 0.836. The summed E-state index contributed by atoms with van der Waals surface area (Å²) in [6.45, 7) is 9.85. The molecule has 1 aromatic rings. The van der Waals surface area contributed by atoms with Gasteiger partial charge in [0.2, 0.25) is 0 Å². The molecule has 3 nitrogen and oxygen atoms in total.